The first-order chi connectivity index (χ1) is 8.65. The number of rotatable bonds is 2. The van der Waals surface area contributed by atoms with Crippen LogP contribution in [0.2, 0.25) is 0 Å². The zero-order valence-electron chi connectivity index (χ0n) is 10.8. The van der Waals surface area contributed by atoms with Crippen molar-refractivity contribution in [2.24, 2.45) is 0 Å². The monoisotopic (exact) mass is 300 g/mol. The average molecular weight is 301 g/mol. The third-order valence-electron chi connectivity index (χ3n) is 3.80. The average Bonchev–Trinajstić information content (AvgIpc) is 3.17. The highest BCUT2D eigenvalue weighted by Crippen LogP contribution is 2.42. The first kappa shape index (κ1) is 12.0. The van der Waals surface area contributed by atoms with Crippen LogP contribution in [0.15, 0.2) is 40.9 Å². The summed E-state index contributed by atoms with van der Waals surface area (Å²) >= 11 is 3.58. The van der Waals surface area contributed by atoms with Gasteiger partial charge in [0.2, 0.25) is 0 Å². The van der Waals surface area contributed by atoms with E-state index in [0.717, 1.165) is 10.4 Å². The van der Waals surface area contributed by atoms with Crippen molar-refractivity contribution >= 4 is 15.9 Å². The fourth-order valence-corrected chi connectivity index (χ4v) is 2.85. The molecule has 18 heavy (non-hydrogen) atoms. The van der Waals surface area contributed by atoms with Gasteiger partial charge in [-0.2, -0.15) is 0 Å². The van der Waals surface area contributed by atoms with Crippen molar-refractivity contribution in [3.63, 3.8) is 0 Å². The van der Waals surface area contributed by atoms with E-state index in [2.05, 4.69) is 66.2 Å². The van der Waals surface area contributed by atoms with Crippen LogP contribution in [0, 0.1) is 13.8 Å². The molecule has 0 spiro atoms. The molecule has 2 aromatic carbocycles. The van der Waals surface area contributed by atoms with Crippen LogP contribution in [0.25, 0.3) is 11.1 Å². The van der Waals surface area contributed by atoms with Crippen molar-refractivity contribution < 1.29 is 0 Å². The fourth-order valence-electron chi connectivity index (χ4n) is 2.48. The summed E-state index contributed by atoms with van der Waals surface area (Å²) in [5, 5.41) is 0. The molecule has 0 heterocycles. The van der Waals surface area contributed by atoms with Crippen LogP contribution in [0.4, 0.5) is 0 Å². The van der Waals surface area contributed by atoms with Crippen molar-refractivity contribution in [2.45, 2.75) is 32.6 Å². The summed E-state index contributed by atoms with van der Waals surface area (Å²) in [6.45, 7) is 4.39. The smallest absolute Gasteiger partial charge is 0.0181 e. The van der Waals surface area contributed by atoms with Gasteiger partial charge in [-0.05, 0) is 72.6 Å². The van der Waals surface area contributed by atoms with Crippen LogP contribution >= 0.6 is 15.9 Å². The number of halogens is 1. The Labute approximate surface area is 117 Å². The van der Waals surface area contributed by atoms with Crippen LogP contribution < -0.4 is 0 Å². The van der Waals surface area contributed by atoms with E-state index < -0.39 is 0 Å². The zero-order chi connectivity index (χ0) is 12.7. The predicted octanol–water partition coefficient (Wildman–Crippen LogP) is 5.61. The van der Waals surface area contributed by atoms with Gasteiger partial charge in [-0.3, -0.25) is 0 Å². The first-order valence-electron chi connectivity index (χ1n) is 6.52. The zero-order valence-corrected chi connectivity index (χ0v) is 12.4. The van der Waals surface area contributed by atoms with Gasteiger partial charge >= 0.3 is 0 Å². The number of aryl methyl sites for hydroxylation is 2. The van der Waals surface area contributed by atoms with E-state index in [1.54, 1.807) is 0 Å². The molecule has 1 fully saturated rings. The third kappa shape index (κ3) is 2.24. The predicted molar refractivity (Wildman–Crippen MR) is 81.0 cm³/mol. The van der Waals surface area contributed by atoms with Crippen molar-refractivity contribution in [1.82, 2.24) is 0 Å². The molecule has 1 heteroatoms. The van der Waals surface area contributed by atoms with Gasteiger partial charge in [0.25, 0.3) is 0 Å². The van der Waals surface area contributed by atoms with Gasteiger partial charge in [0.15, 0.2) is 0 Å². The van der Waals surface area contributed by atoms with E-state index in [0.29, 0.717) is 0 Å². The minimum absolute atomic E-state index is 0.816. The molecule has 0 nitrogen and oxygen atoms in total. The lowest BCUT2D eigenvalue weighted by Gasteiger charge is -2.12. The minimum atomic E-state index is 0.816. The van der Waals surface area contributed by atoms with Gasteiger partial charge in [-0.25, -0.2) is 0 Å². The Balaban J connectivity index is 2.14. The Kier molecular flexibility index (Phi) is 3.03. The van der Waals surface area contributed by atoms with E-state index in [1.165, 1.54) is 40.7 Å². The molecular weight excluding hydrogens is 284 g/mol. The first-order valence-corrected chi connectivity index (χ1v) is 7.31. The maximum absolute atomic E-state index is 3.58. The summed E-state index contributed by atoms with van der Waals surface area (Å²) in [5.74, 6) is 0.816. The Hall–Kier alpha value is -1.08. The van der Waals surface area contributed by atoms with Gasteiger partial charge in [-0.1, -0.05) is 40.2 Å². The summed E-state index contributed by atoms with van der Waals surface area (Å²) in [6.07, 6.45) is 2.72. The molecular formula is C17H17Br. The second-order valence-electron chi connectivity index (χ2n) is 5.31. The molecule has 0 aliphatic heterocycles. The number of hydrogen-bond donors (Lipinski definition) is 0. The lowest BCUT2D eigenvalue weighted by atomic mass is 9.94. The van der Waals surface area contributed by atoms with Crippen molar-refractivity contribution in [2.75, 3.05) is 0 Å². The Bertz CT molecular complexity index is 595. The summed E-state index contributed by atoms with van der Waals surface area (Å²) < 4.78 is 1.15. The molecule has 0 amide bonds. The van der Waals surface area contributed by atoms with Gasteiger partial charge < -0.3 is 0 Å². The van der Waals surface area contributed by atoms with Crippen molar-refractivity contribution in [3.8, 4) is 11.1 Å². The molecule has 0 N–H and O–H groups in total. The van der Waals surface area contributed by atoms with Crippen LogP contribution in [0.3, 0.4) is 0 Å². The van der Waals surface area contributed by atoms with Gasteiger partial charge in [0, 0.05) is 4.47 Å². The van der Waals surface area contributed by atoms with Crippen molar-refractivity contribution in [1.29, 1.82) is 0 Å². The Morgan fingerprint density at radius 2 is 1.50 bits per heavy atom. The lowest BCUT2D eigenvalue weighted by Crippen LogP contribution is -1.90. The molecule has 1 saturated carbocycles. The highest BCUT2D eigenvalue weighted by Gasteiger charge is 2.24. The molecule has 0 aromatic heterocycles. The molecule has 0 bridgehead atoms. The summed E-state index contributed by atoms with van der Waals surface area (Å²) in [6, 6.07) is 13.5. The summed E-state index contributed by atoms with van der Waals surface area (Å²) in [4.78, 5) is 0. The topological polar surface area (TPSA) is 0 Å². The highest BCUT2D eigenvalue weighted by atomic mass is 79.9. The van der Waals surface area contributed by atoms with Gasteiger partial charge in [0.1, 0.15) is 0 Å². The Morgan fingerprint density at radius 3 is 2.17 bits per heavy atom. The molecule has 3 rings (SSSR count). The molecule has 1 aliphatic rings. The van der Waals surface area contributed by atoms with E-state index in [-0.39, 0.29) is 0 Å². The second-order valence-corrected chi connectivity index (χ2v) is 6.22. The van der Waals surface area contributed by atoms with Crippen LogP contribution in [-0.4, -0.2) is 0 Å². The van der Waals surface area contributed by atoms with Crippen molar-refractivity contribution in [3.05, 3.63) is 57.6 Å². The third-order valence-corrected chi connectivity index (χ3v) is 4.29. The van der Waals surface area contributed by atoms with Crippen LogP contribution in [0.1, 0.15) is 35.4 Å². The van der Waals surface area contributed by atoms with Gasteiger partial charge in [0.05, 0.1) is 0 Å². The van der Waals surface area contributed by atoms with Gasteiger partial charge in [-0.15, -0.1) is 0 Å². The largest absolute Gasteiger partial charge is 0.0585 e. The maximum atomic E-state index is 3.58. The molecule has 92 valence electrons. The molecule has 0 atom stereocenters. The van der Waals surface area contributed by atoms with E-state index in [4.69, 9.17) is 0 Å². The maximum Gasteiger partial charge on any atom is 0.0181 e. The van der Waals surface area contributed by atoms with E-state index in [9.17, 15) is 0 Å². The van der Waals surface area contributed by atoms with Crippen LogP contribution in [-0.2, 0) is 0 Å². The summed E-state index contributed by atoms with van der Waals surface area (Å²) in [5.41, 5.74) is 6.95. The lowest BCUT2D eigenvalue weighted by molar-refractivity contribution is 1.13. The normalized spacial score (nSPS) is 14.8. The van der Waals surface area contributed by atoms with E-state index >= 15 is 0 Å². The minimum Gasteiger partial charge on any atom is -0.0585 e. The molecule has 0 saturated heterocycles. The quantitative estimate of drug-likeness (QED) is 0.676. The fraction of sp³-hybridized carbons (Fsp3) is 0.294. The Morgan fingerprint density at radius 1 is 0.889 bits per heavy atom. The highest BCUT2D eigenvalue weighted by molar-refractivity contribution is 9.10. The number of hydrogen-bond acceptors (Lipinski definition) is 0. The molecule has 0 radical (unpaired) electrons. The molecule has 0 unspecified atom stereocenters. The molecule has 2 aromatic rings. The summed E-state index contributed by atoms with van der Waals surface area (Å²) in [7, 11) is 0. The van der Waals surface area contributed by atoms with Crippen LogP contribution in [0.5, 0.6) is 0 Å². The SMILES string of the molecule is Cc1ccc(Br)cc1-c1cc(C2CC2)ccc1C. The molecule has 1 aliphatic carbocycles. The standard InChI is InChI=1S/C17H17Br/c1-11-3-5-14(13-6-7-13)9-16(11)17-10-15(18)8-4-12(17)2/h3-5,8-10,13H,6-7H2,1-2H3. The second kappa shape index (κ2) is 4.55. The number of benzene rings is 2. The van der Waals surface area contributed by atoms with E-state index in [1.807, 2.05) is 0 Å².